The van der Waals surface area contributed by atoms with Crippen LogP contribution in [0.3, 0.4) is 0 Å². The van der Waals surface area contributed by atoms with Crippen LogP contribution in [-0.4, -0.2) is 11.6 Å². The van der Waals surface area contributed by atoms with Crippen LogP contribution >= 0.6 is 23.2 Å². The molecule has 2 nitrogen and oxygen atoms in total. The van der Waals surface area contributed by atoms with Crippen molar-refractivity contribution in [2.45, 2.75) is 18.8 Å². The number of terminal acetylenes is 1. The third kappa shape index (κ3) is 3.33. The van der Waals surface area contributed by atoms with Crippen LogP contribution in [0.1, 0.15) is 24.3 Å². The number of ketones is 2. The second-order valence-corrected chi connectivity index (χ2v) is 6.82. The van der Waals surface area contributed by atoms with E-state index in [0.29, 0.717) is 10.6 Å². The van der Waals surface area contributed by atoms with Crippen molar-refractivity contribution in [3.05, 3.63) is 57.8 Å². The molecule has 2 atom stereocenters. The summed E-state index contributed by atoms with van der Waals surface area (Å²) >= 11 is 12.1. The van der Waals surface area contributed by atoms with Crippen LogP contribution in [0.25, 0.3) is 11.1 Å². The normalized spacial score (nSPS) is 19.9. The van der Waals surface area contributed by atoms with Gasteiger partial charge in [-0.2, -0.15) is 0 Å². The first-order valence-corrected chi connectivity index (χ1v) is 8.42. The molecule has 0 radical (unpaired) electrons. The van der Waals surface area contributed by atoms with E-state index in [4.69, 9.17) is 29.6 Å². The zero-order chi connectivity index (χ0) is 18.1. The summed E-state index contributed by atoms with van der Waals surface area (Å²) < 4.78 is 14.7. The summed E-state index contributed by atoms with van der Waals surface area (Å²) in [4.78, 5) is 24.7. The number of carbonyl (C=O) groups is 2. The molecule has 1 saturated carbocycles. The minimum absolute atomic E-state index is 0.0302. The predicted molar refractivity (Wildman–Crippen MR) is 96.2 cm³/mol. The zero-order valence-electron chi connectivity index (χ0n) is 13.1. The standard InChI is InChI=1S/C20H13Cl2FO2/c1-2-3-12-10-17(24)19(20(12)25)18-15(22)8-13(9-16(18)23)11-4-6-14(21)7-5-11/h1,4-9,12,19H,3,10H2. The van der Waals surface area contributed by atoms with Crippen molar-refractivity contribution in [1.29, 1.82) is 0 Å². The summed E-state index contributed by atoms with van der Waals surface area (Å²) in [5.41, 5.74) is 1.21. The van der Waals surface area contributed by atoms with E-state index < -0.39 is 17.7 Å². The molecule has 2 unspecified atom stereocenters. The maximum absolute atomic E-state index is 14.7. The number of benzene rings is 2. The minimum Gasteiger partial charge on any atom is -0.298 e. The number of hydrogen-bond acceptors (Lipinski definition) is 2. The van der Waals surface area contributed by atoms with Gasteiger partial charge in [-0.25, -0.2) is 4.39 Å². The van der Waals surface area contributed by atoms with Gasteiger partial charge in [0.05, 0.1) is 0 Å². The molecule has 0 saturated heterocycles. The van der Waals surface area contributed by atoms with Crippen LogP contribution in [0, 0.1) is 24.1 Å². The van der Waals surface area contributed by atoms with E-state index in [0.717, 1.165) is 5.56 Å². The molecule has 1 aliphatic carbocycles. The quantitative estimate of drug-likeness (QED) is 0.555. The summed E-state index contributed by atoms with van der Waals surface area (Å²) in [7, 11) is 0. The first kappa shape index (κ1) is 17.7. The molecule has 1 aliphatic rings. The number of hydrogen-bond donors (Lipinski definition) is 0. The van der Waals surface area contributed by atoms with Gasteiger partial charge in [-0.1, -0.05) is 35.3 Å². The Kier molecular flexibility index (Phi) is 4.94. The number of Topliss-reactive ketones (excluding diaryl/α,β-unsaturated/α-hetero) is 2. The summed E-state index contributed by atoms with van der Waals surface area (Å²) in [5, 5.41) is 0.617. The highest BCUT2D eigenvalue weighted by Crippen LogP contribution is 2.40. The van der Waals surface area contributed by atoms with E-state index >= 15 is 0 Å². The largest absolute Gasteiger partial charge is 0.298 e. The summed E-state index contributed by atoms with van der Waals surface area (Å²) in [6.07, 6.45) is 5.43. The molecule has 2 aromatic carbocycles. The summed E-state index contributed by atoms with van der Waals surface area (Å²) in [5.74, 6) is -0.727. The Labute approximate surface area is 154 Å². The highest BCUT2D eigenvalue weighted by Gasteiger charge is 2.43. The molecule has 1 fully saturated rings. The Morgan fingerprint density at radius 1 is 1.12 bits per heavy atom. The van der Waals surface area contributed by atoms with E-state index in [1.807, 2.05) is 0 Å². The topological polar surface area (TPSA) is 34.1 Å². The van der Waals surface area contributed by atoms with Crippen molar-refractivity contribution in [2.24, 2.45) is 5.92 Å². The maximum atomic E-state index is 14.7. The molecule has 3 rings (SSSR count). The number of halogens is 3. The minimum atomic E-state index is -1.18. The van der Waals surface area contributed by atoms with Gasteiger partial charge in [0.2, 0.25) is 0 Å². The Balaban J connectivity index is 2.01. The molecule has 126 valence electrons. The molecule has 2 aromatic rings. The molecule has 0 heterocycles. The lowest BCUT2D eigenvalue weighted by molar-refractivity contribution is -0.124. The fourth-order valence-electron chi connectivity index (χ4n) is 3.14. The van der Waals surface area contributed by atoms with E-state index in [9.17, 15) is 14.0 Å². The van der Waals surface area contributed by atoms with E-state index in [1.165, 1.54) is 6.07 Å². The lowest BCUT2D eigenvalue weighted by Gasteiger charge is -2.14. The number of rotatable bonds is 3. The van der Waals surface area contributed by atoms with Gasteiger partial charge in [0.1, 0.15) is 17.5 Å². The molecular weight excluding hydrogens is 362 g/mol. The van der Waals surface area contributed by atoms with Gasteiger partial charge in [-0.05, 0) is 35.4 Å². The molecule has 0 aliphatic heterocycles. The number of carbonyl (C=O) groups excluding carboxylic acids is 2. The molecule has 0 aromatic heterocycles. The third-order valence-corrected chi connectivity index (χ3v) is 4.93. The third-order valence-electron chi connectivity index (χ3n) is 4.37. The highest BCUT2D eigenvalue weighted by molar-refractivity contribution is 6.33. The van der Waals surface area contributed by atoms with E-state index in [-0.39, 0.29) is 35.0 Å². The van der Waals surface area contributed by atoms with Crippen molar-refractivity contribution in [3.8, 4) is 23.5 Å². The van der Waals surface area contributed by atoms with Crippen LogP contribution in [0.5, 0.6) is 0 Å². The Morgan fingerprint density at radius 3 is 2.40 bits per heavy atom. The van der Waals surface area contributed by atoms with E-state index in [2.05, 4.69) is 5.92 Å². The first-order valence-electron chi connectivity index (χ1n) is 7.67. The van der Waals surface area contributed by atoms with Crippen molar-refractivity contribution in [1.82, 2.24) is 0 Å². The van der Waals surface area contributed by atoms with Crippen molar-refractivity contribution in [3.63, 3.8) is 0 Å². The van der Waals surface area contributed by atoms with Gasteiger partial charge in [-0.15, -0.1) is 12.3 Å². The molecule has 0 spiro atoms. The lowest BCUT2D eigenvalue weighted by atomic mass is 9.91. The van der Waals surface area contributed by atoms with Crippen LogP contribution in [0.15, 0.2) is 36.4 Å². The molecular formula is C20H13Cl2FO2. The van der Waals surface area contributed by atoms with Crippen molar-refractivity contribution >= 4 is 34.8 Å². The molecule has 0 bridgehead atoms. The Morgan fingerprint density at radius 2 is 1.80 bits per heavy atom. The van der Waals surface area contributed by atoms with Crippen LogP contribution in [0.2, 0.25) is 10.0 Å². The molecule has 0 amide bonds. The second-order valence-electron chi connectivity index (χ2n) is 5.97. The predicted octanol–water partition coefficient (Wildman–Crippen LogP) is 5.06. The van der Waals surface area contributed by atoms with Gasteiger partial charge in [0.15, 0.2) is 5.78 Å². The fraction of sp³-hybridized carbons (Fsp3) is 0.200. The molecule has 5 heteroatoms. The Hall–Kier alpha value is -2.15. The first-order chi connectivity index (χ1) is 11.9. The average molecular weight is 375 g/mol. The average Bonchev–Trinajstić information content (AvgIpc) is 2.83. The summed E-state index contributed by atoms with van der Waals surface area (Å²) in [6.45, 7) is 0. The molecule has 25 heavy (non-hydrogen) atoms. The van der Waals surface area contributed by atoms with Crippen LogP contribution in [0.4, 0.5) is 4.39 Å². The SMILES string of the molecule is C#CCC1CC(=O)C(c2c(F)cc(-c3ccc(Cl)cc3)cc2Cl)C1=O. The smallest absolute Gasteiger partial charge is 0.152 e. The van der Waals surface area contributed by atoms with Crippen LogP contribution < -0.4 is 0 Å². The van der Waals surface area contributed by atoms with E-state index in [1.54, 1.807) is 30.3 Å². The fourth-order valence-corrected chi connectivity index (χ4v) is 3.59. The molecule has 0 N–H and O–H groups in total. The van der Waals surface area contributed by atoms with Gasteiger partial charge < -0.3 is 0 Å². The zero-order valence-corrected chi connectivity index (χ0v) is 14.6. The summed E-state index contributed by atoms with van der Waals surface area (Å²) in [6, 6.07) is 9.68. The highest BCUT2D eigenvalue weighted by atomic mass is 35.5. The monoisotopic (exact) mass is 374 g/mol. The second kappa shape index (κ2) is 7.00. The maximum Gasteiger partial charge on any atom is 0.152 e. The lowest BCUT2D eigenvalue weighted by Crippen LogP contribution is -2.17. The van der Waals surface area contributed by atoms with Crippen molar-refractivity contribution in [2.75, 3.05) is 0 Å². The van der Waals surface area contributed by atoms with Gasteiger partial charge in [0.25, 0.3) is 0 Å². The van der Waals surface area contributed by atoms with Crippen LogP contribution in [-0.2, 0) is 9.59 Å². The van der Waals surface area contributed by atoms with Gasteiger partial charge in [0, 0.05) is 34.4 Å². The van der Waals surface area contributed by atoms with Crippen molar-refractivity contribution < 1.29 is 14.0 Å². The van der Waals surface area contributed by atoms with Gasteiger partial charge >= 0.3 is 0 Å². The Bertz CT molecular complexity index is 874. The van der Waals surface area contributed by atoms with Gasteiger partial charge in [-0.3, -0.25) is 9.59 Å².